The van der Waals surface area contributed by atoms with Crippen LogP contribution in [0.25, 0.3) is 11.1 Å². The molecule has 2 aliphatic rings. The molecule has 0 atom stereocenters. The summed E-state index contributed by atoms with van der Waals surface area (Å²) in [6, 6.07) is 0. The predicted molar refractivity (Wildman–Crippen MR) is 62.1 cm³/mol. The second-order valence-electron chi connectivity index (χ2n) is 3.95. The minimum absolute atomic E-state index is 0.0134. The molecule has 4 amide bonds. The number of imide groups is 2. The van der Waals surface area contributed by atoms with Crippen LogP contribution in [-0.2, 0) is 19.2 Å². The number of nitrogens with one attached hydrogen (secondary N) is 2. The third kappa shape index (κ3) is 1.77. The molecule has 0 saturated carbocycles. The van der Waals surface area contributed by atoms with Gasteiger partial charge in [-0.05, 0) is 5.21 Å². The fourth-order valence-electron chi connectivity index (χ4n) is 1.87. The molecule has 0 fully saturated rings. The molecule has 2 aliphatic heterocycles. The summed E-state index contributed by atoms with van der Waals surface area (Å²) in [5, 5.41) is 14.7. The lowest BCUT2D eigenvalue weighted by atomic mass is 10.0. The van der Waals surface area contributed by atoms with Crippen molar-refractivity contribution in [3.8, 4) is 0 Å². The first kappa shape index (κ1) is 11.8. The Balaban J connectivity index is 2.15. The monoisotopic (exact) mass is 271 g/mol. The van der Waals surface area contributed by atoms with Gasteiger partial charge in [0.15, 0.2) is 0 Å². The minimum atomic E-state index is -0.651. The maximum Gasteiger partial charge on any atom is 0.260 e. The smallest absolute Gasteiger partial charge is 0.260 e. The lowest BCUT2D eigenvalue weighted by Gasteiger charge is -2.05. The van der Waals surface area contributed by atoms with Crippen molar-refractivity contribution in [1.82, 2.24) is 26.0 Å². The summed E-state index contributed by atoms with van der Waals surface area (Å²) < 4.78 is 0. The Labute approximate surface area is 110 Å². The Morgan fingerprint density at radius 2 is 1.45 bits per heavy atom. The molecule has 0 unspecified atom stereocenters. The average molecular weight is 271 g/mol. The van der Waals surface area contributed by atoms with Gasteiger partial charge in [-0.2, -0.15) is 0 Å². The summed E-state index contributed by atoms with van der Waals surface area (Å²) in [6.45, 7) is 0. The maximum absolute atomic E-state index is 11.6. The topological polar surface area (TPSA) is 131 Å². The number of hydrogen-bond donors (Lipinski definition) is 2. The molecule has 0 aromatic carbocycles. The van der Waals surface area contributed by atoms with Gasteiger partial charge in [0.1, 0.15) is 5.69 Å². The summed E-state index contributed by atoms with van der Waals surface area (Å²) in [6.07, 6.45) is 3.31. The first-order valence-corrected chi connectivity index (χ1v) is 5.39. The molecule has 0 aliphatic carbocycles. The maximum atomic E-state index is 11.6. The van der Waals surface area contributed by atoms with E-state index in [-0.39, 0.29) is 22.4 Å². The number of aromatic nitrogens is 3. The van der Waals surface area contributed by atoms with Crippen molar-refractivity contribution in [2.75, 3.05) is 0 Å². The summed E-state index contributed by atoms with van der Waals surface area (Å²) in [4.78, 5) is 45.6. The van der Waals surface area contributed by atoms with E-state index in [1.807, 2.05) is 0 Å². The standard InChI is InChI=1S/C11H5N5O4/c17-7-1-4(10(19)13-7)6-3-12-16-15-9(6)5-2-8(18)14-11(5)20/h1-3H,(H,13,17,19)(H,14,18,20). The Bertz CT molecular complexity index is 686. The summed E-state index contributed by atoms with van der Waals surface area (Å²) >= 11 is 0. The molecule has 1 aromatic heterocycles. The van der Waals surface area contributed by atoms with Crippen molar-refractivity contribution < 1.29 is 19.2 Å². The average Bonchev–Trinajstić information content (AvgIpc) is 2.91. The predicted octanol–water partition coefficient (Wildman–Crippen LogP) is -2.05. The summed E-state index contributed by atoms with van der Waals surface area (Å²) in [7, 11) is 0. The highest BCUT2D eigenvalue weighted by atomic mass is 16.2. The van der Waals surface area contributed by atoms with Gasteiger partial charge >= 0.3 is 0 Å². The molecular weight excluding hydrogens is 266 g/mol. The van der Waals surface area contributed by atoms with Gasteiger partial charge in [0.05, 0.1) is 17.3 Å². The van der Waals surface area contributed by atoms with Gasteiger partial charge in [0.25, 0.3) is 23.6 Å². The van der Waals surface area contributed by atoms with Gasteiger partial charge in [-0.3, -0.25) is 29.8 Å². The van der Waals surface area contributed by atoms with Crippen molar-refractivity contribution in [2.45, 2.75) is 0 Å². The Hall–Kier alpha value is -3.23. The van der Waals surface area contributed by atoms with E-state index < -0.39 is 23.6 Å². The highest BCUT2D eigenvalue weighted by Gasteiger charge is 2.30. The van der Waals surface area contributed by atoms with Gasteiger partial charge in [-0.1, -0.05) is 0 Å². The first-order valence-electron chi connectivity index (χ1n) is 5.39. The van der Waals surface area contributed by atoms with Crippen LogP contribution in [0, 0.1) is 0 Å². The van der Waals surface area contributed by atoms with Crippen LogP contribution in [0.4, 0.5) is 0 Å². The van der Waals surface area contributed by atoms with E-state index in [1.54, 1.807) is 0 Å². The van der Waals surface area contributed by atoms with Gasteiger partial charge in [-0.25, -0.2) is 0 Å². The lowest BCUT2D eigenvalue weighted by Crippen LogP contribution is -2.23. The van der Waals surface area contributed by atoms with Crippen molar-refractivity contribution in [3.05, 3.63) is 29.6 Å². The van der Waals surface area contributed by atoms with E-state index in [0.717, 1.165) is 12.2 Å². The number of rotatable bonds is 2. The second kappa shape index (κ2) is 4.16. The molecular formula is C11H5N5O4. The van der Waals surface area contributed by atoms with Crippen LogP contribution in [0.1, 0.15) is 11.3 Å². The van der Waals surface area contributed by atoms with Crippen LogP contribution >= 0.6 is 0 Å². The fourth-order valence-corrected chi connectivity index (χ4v) is 1.87. The summed E-state index contributed by atoms with van der Waals surface area (Å²) in [5.74, 6) is -2.44. The van der Waals surface area contributed by atoms with Crippen LogP contribution in [0.3, 0.4) is 0 Å². The molecule has 1 aromatic rings. The largest absolute Gasteiger partial charge is 0.289 e. The van der Waals surface area contributed by atoms with E-state index >= 15 is 0 Å². The lowest BCUT2D eigenvalue weighted by molar-refractivity contribution is -0.124. The van der Waals surface area contributed by atoms with Crippen molar-refractivity contribution >= 4 is 34.8 Å². The van der Waals surface area contributed by atoms with Gasteiger partial charge in [0.2, 0.25) is 0 Å². The quantitative estimate of drug-likeness (QED) is 0.592. The molecule has 0 radical (unpaired) electrons. The Morgan fingerprint density at radius 1 is 0.850 bits per heavy atom. The highest BCUT2D eigenvalue weighted by molar-refractivity contribution is 6.37. The molecule has 0 saturated heterocycles. The molecule has 0 spiro atoms. The molecule has 20 heavy (non-hydrogen) atoms. The van der Waals surface area contributed by atoms with E-state index in [1.165, 1.54) is 6.20 Å². The van der Waals surface area contributed by atoms with E-state index in [9.17, 15) is 19.2 Å². The summed E-state index contributed by atoms with van der Waals surface area (Å²) in [5.41, 5.74) is 0.146. The Morgan fingerprint density at radius 3 is 2.00 bits per heavy atom. The van der Waals surface area contributed by atoms with Crippen LogP contribution in [0.15, 0.2) is 18.3 Å². The fraction of sp³-hybridized carbons (Fsp3) is 0. The zero-order valence-corrected chi connectivity index (χ0v) is 9.71. The number of hydrogen-bond acceptors (Lipinski definition) is 7. The highest BCUT2D eigenvalue weighted by Crippen LogP contribution is 2.26. The van der Waals surface area contributed by atoms with E-state index in [4.69, 9.17) is 0 Å². The molecule has 0 bridgehead atoms. The van der Waals surface area contributed by atoms with E-state index in [2.05, 4.69) is 26.0 Å². The van der Waals surface area contributed by atoms with Gasteiger partial charge in [0, 0.05) is 17.7 Å². The number of amides is 4. The third-order valence-corrected chi connectivity index (χ3v) is 2.70. The Kier molecular flexibility index (Phi) is 2.46. The third-order valence-electron chi connectivity index (χ3n) is 2.70. The van der Waals surface area contributed by atoms with Crippen LogP contribution in [0.5, 0.6) is 0 Å². The zero-order chi connectivity index (χ0) is 14.3. The minimum Gasteiger partial charge on any atom is -0.289 e. The van der Waals surface area contributed by atoms with Gasteiger partial charge < -0.3 is 0 Å². The van der Waals surface area contributed by atoms with Crippen LogP contribution in [0.2, 0.25) is 0 Å². The molecule has 2 N–H and O–H groups in total. The zero-order valence-electron chi connectivity index (χ0n) is 9.71. The number of nitrogens with zero attached hydrogens (tertiary/aromatic N) is 3. The van der Waals surface area contributed by atoms with Crippen molar-refractivity contribution in [3.63, 3.8) is 0 Å². The SMILES string of the molecule is O=C1C=C(c2cnnnc2C2=CC(=O)NC2=O)C(=O)N1. The molecule has 3 rings (SSSR count). The van der Waals surface area contributed by atoms with Crippen LogP contribution in [-0.4, -0.2) is 39.0 Å². The molecule has 3 heterocycles. The normalized spacial score (nSPS) is 17.8. The van der Waals surface area contributed by atoms with Gasteiger partial charge in [-0.15, -0.1) is 10.2 Å². The van der Waals surface area contributed by atoms with Crippen molar-refractivity contribution in [1.29, 1.82) is 0 Å². The second-order valence-corrected chi connectivity index (χ2v) is 3.95. The van der Waals surface area contributed by atoms with Crippen molar-refractivity contribution in [2.24, 2.45) is 0 Å². The van der Waals surface area contributed by atoms with E-state index in [0.29, 0.717) is 0 Å². The molecule has 9 nitrogen and oxygen atoms in total. The number of carbonyl (C=O) groups excluding carboxylic acids is 4. The van der Waals surface area contributed by atoms with Crippen LogP contribution < -0.4 is 10.6 Å². The first-order chi connectivity index (χ1) is 9.56. The molecule has 9 heteroatoms. The number of carbonyl (C=O) groups is 4. The molecule has 98 valence electrons.